The third-order valence-electron chi connectivity index (χ3n) is 3.38. The Labute approximate surface area is 118 Å². The molecule has 4 N–H and O–H groups in total. The molecule has 0 saturated carbocycles. The molecule has 0 aromatic heterocycles. The van der Waals surface area contributed by atoms with Crippen LogP contribution in [-0.4, -0.2) is 54.9 Å². The zero-order valence-electron chi connectivity index (χ0n) is 11.4. The highest BCUT2D eigenvalue weighted by Gasteiger charge is 2.22. The summed E-state index contributed by atoms with van der Waals surface area (Å²) in [5, 5.41) is 12.1. The highest BCUT2D eigenvalue weighted by Crippen LogP contribution is 2.11. The Hall–Kier alpha value is -1.63. The van der Waals surface area contributed by atoms with Gasteiger partial charge in [0.05, 0.1) is 25.9 Å². The molecule has 110 valence electrons. The van der Waals surface area contributed by atoms with Gasteiger partial charge in [-0.15, -0.1) is 0 Å². The van der Waals surface area contributed by atoms with Crippen LogP contribution in [0, 0.1) is 0 Å². The van der Waals surface area contributed by atoms with Gasteiger partial charge in [-0.05, 0) is 24.3 Å². The van der Waals surface area contributed by atoms with E-state index in [9.17, 15) is 9.90 Å². The highest BCUT2D eigenvalue weighted by atomic mass is 16.5. The quantitative estimate of drug-likeness (QED) is 0.674. The number of hydrogen-bond acceptors (Lipinski definition) is 5. The molecule has 6 heteroatoms. The number of hydrogen-bond donors (Lipinski definition) is 3. The Morgan fingerprint density at radius 1 is 1.45 bits per heavy atom. The summed E-state index contributed by atoms with van der Waals surface area (Å²) in [6.45, 7) is 2.60. The van der Waals surface area contributed by atoms with Crippen LogP contribution >= 0.6 is 0 Å². The van der Waals surface area contributed by atoms with Crippen molar-refractivity contribution in [3.05, 3.63) is 24.3 Å². The molecule has 1 aliphatic heterocycles. The first-order chi connectivity index (χ1) is 9.69. The average molecular weight is 279 g/mol. The number of nitrogen functional groups attached to an aromatic ring is 1. The Morgan fingerprint density at radius 2 is 2.20 bits per heavy atom. The van der Waals surface area contributed by atoms with Crippen molar-refractivity contribution in [2.75, 3.05) is 44.0 Å². The molecule has 1 aromatic rings. The molecule has 1 aromatic carbocycles. The summed E-state index contributed by atoms with van der Waals surface area (Å²) in [6.07, 6.45) is 0.390. The Bertz CT molecular complexity index is 436. The fourth-order valence-electron chi connectivity index (χ4n) is 2.19. The first kappa shape index (κ1) is 14.8. The van der Waals surface area contributed by atoms with Gasteiger partial charge in [-0.25, -0.2) is 0 Å². The number of nitrogens with two attached hydrogens (primary N) is 1. The molecular weight excluding hydrogens is 258 g/mol. The van der Waals surface area contributed by atoms with Crippen molar-refractivity contribution in [1.29, 1.82) is 0 Å². The van der Waals surface area contributed by atoms with E-state index in [0.29, 0.717) is 31.9 Å². The molecule has 20 heavy (non-hydrogen) atoms. The zero-order chi connectivity index (χ0) is 14.4. The number of rotatable bonds is 5. The predicted molar refractivity (Wildman–Crippen MR) is 77.4 cm³/mol. The van der Waals surface area contributed by atoms with Crippen LogP contribution in [0.2, 0.25) is 0 Å². The standard InChI is InChI=1S/C14H21N3O3/c15-11-1-3-12(4-2-11)16-14(19)5-6-17-7-8-20-10-13(17)9-18/h1-4,13,18H,5-10,15H2,(H,16,19). The van der Waals surface area contributed by atoms with Crippen molar-refractivity contribution in [1.82, 2.24) is 4.90 Å². The summed E-state index contributed by atoms with van der Waals surface area (Å²) in [6, 6.07) is 7.04. The van der Waals surface area contributed by atoms with Crippen LogP contribution in [-0.2, 0) is 9.53 Å². The fourth-order valence-corrected chi connectivity index (χ4v) is 2.19. The van der Waals surface area contributed by atoms with Gasteiger partial charge in [0, 0.05) is 30.9 Å². The lowest BCUT2D eigenvalue weighted by Crippen LogP contribution is -2.48. The molecule has 0 radical (unpaired) electrons. The van der Waals surface area contributed by atoms with E-state index in [2.05, 4.69) is 10.2 Å². The summed E-state index contributed by atoms with van der Waals surface area (Å²) < 4.78 is 5.30. The predicted octanol–water partition coefficient (Wildman–Crippen LogP) is 0.291. The van der Waals surface area contributed by atoms with Gasteiger partial charge in [-0.3, -0.25) is 9.69 Å². The molecule has 2 rings (SSSR count). The highest BCUT2D eigenvalue weighted by molar-refractivity contribution is 5.90. The third kappa shape index (κ3) is 4.19. The Morgan fingerprint density at radius 3 is 2.90 bits per heavy atom. The van der Waals surface area contributed by atoms with Crippen molar-refractivity contribution in [3.8, 4) is 0 Å². The molecule has 1 aliphatic rings. The molecule has 1 unspecified atom stereocenters. The fraction of sp³-hybridized carbons (Fsp3) is 0.500. The lowest BCUT2D eigenvalue weighted by molar-refractivity contribution is -0.117. The third-order valence-corrected chi connectivity index (χ3v) is 3.38. The minimum Gasteiger partial charge on any atom is -0.399 e. The number of amides is 1. The van der Waals surface area contributed by atoms with Crippen LogP contribution in [0.5, 0.6) is 0 Å². The summed E-state index contributed by atoms with van der Waals surface area (Å²) in [5.74, 6) is -0.0436. The Balaban J connectivity index is 1.78. The number of morpholine rings is 1. The smallest absolute Gasteiger partial charge is 0.225 e. The van der Waals surface area contributed by atoms with Gasteiger partial charge in [0.1, 0.15) is 0 Å². The van der Waals surface area contributed by atoms with E-state index in [4.69, 9.17) is 10.5 Å². The SMILES string of the molecule is Nc1ccc(NC(=O)CCN2CCOCC2CO)cc1. The molecule has 1 saturated heterocycles. The Kier molecular flexibility index (Phi) is 5.34. The number of aliphatic hydroxyl groups is 1. The second-order valence-electron chi connectivity index (χ2n) is 4.87. The van der Waals surface area contributed by atoms with E-state index >= 15 is 0 Å². The largest absolute Gasteiger partial charge is 0.399 e. The molecule has 6 nitrogen and oxygen atoms in total. The topological polar surface area (TPSA) is 87.8 Å². The maximum Gasteiger partial charge on any atom is 0.225 e. The number of aliphatic hydroxyl groups excluding tert-OH is 1. The zero-order valence-corrected chi connectivity index (χ0v) is 11.4. The molecular formula is C14H21N3O3. The van der Waals surface area contributed by atoms with Crippen molar-refractivity contribution < 1.29 is 14.6 Å². The minimum absolute atomic E-state index is 0.00641. The first-order valence-electron chi connectivity index (χ1n) is 6.77. The molecule has 0 aliphatic carbocycles. The second-order valence-corrected chi connectivity index (χ2v) is 4.87. The average Bonchev–Trinajstić information content (AvgIpc) is 2.48. The van der Waals surface area contributed by atoms with Gasteiger partial charge in [0.15, 0.2) is 0 Å². The number of ether oxygens (including phenoxy) is 1. The number of carbonyl (C=O) groups excluding carboxylic acids is 1. The van der Waals surface area contributed by atoms with Gasteiger partial charge < -0.3 is 20.9 Å². The molecule has 0 bridgehead atoms. The summed E-state index contributed by atoms with van der Waals surface area (Å²) >= 11 is 0. The number of nitrogens with zero attached hydrogens (tertiary/aromatic N) is 1. The number of nitrogens with one attached hydrogen (secondary N) is 1. The van der Waals surface area contributed by atoms with Crippen molar-refractivity contribution >= 4 is 17.3 Å². The van der Waals surface area contributed by atoms with Crippen LogP contribution in [0.4, 0.5) is 11.4 Å². The first-order valence-corrected chi connectivity index (χ1v) is 6.77. The van der Waals surface area contributed by atoms with Gasteiger partial charge in [0.2, 0.25) is 5.91 Å². The molecule has 1 heterocycles. The molecule has 1 atom stereocenters. The maximum absolute atomic E-state index is 11.9. The maximum atomic E-state index is 11.9. The lowest BCUT2D eigenvalue weighted by atomic mass is 10.2. The van der Waals surface area contributed by atoms with Crippen molar-refractivity contribution in [2.45, 2.75) is 12.5 Å². The van der Waals surface area contributed by atoms with E-state index in [1.54, 1.807) is 24.3 Å². The van der Waals surface area contributed by atoms with E-state index in [1.165, 1.54) is 0 Å². The van der Waals surface area contributed by atoms with Gasteiger partial charge in [-0.2, -0.15) is 0 Å². The second kappa shape index (κ2) is 7.23. The van der Waals surface area contributed by atoms with E-state index in [1.807, 2.05) is 0 Å². The monoisotopic (exact) mass is 279 g/mol. The van der Waals surface area contributed by atoms with Gasteiger partial charge in [0.25, 0.3) is 0 Å². The van der Waals surface area contributed by atoms with E-state index in [0.717, 1.165) is 12.2 Å². The minimum atomic E-state index is -0.0436. The van der Waals surface area contributed by atoms with E-state index < -0.39 is 0 Å². The molecule has 1 amide bonds. The summed E-state index contributed by atoms with van der Waals surface area (Å²) in [7, 11) is 0. The van der Waals surface area contributed by atoms with Crippen LogP contribution in [0.3, 0.4) is 0 Å². The number of carbonyl (C=O) groups is 1. The lowest BCUT2D eigenvalue weighted by Gasteiger charge is -2.34. The van der Waals surface area contributed by atoms with Crippen LogP contribution in [0.25, 0.3) is 0 Å². The van der Waals surface area contributed by atoms with Gasteiger partial charge >= 0.3 is 0 Å². The van der Waals surface area contributed by atoms with Crippen LogP contribution in [0.1, 0.15) is 6.42 Å². The number of benzene rings is 1. The van der Waals surface area contributed by atoms with Gasteiger partial charge in [-0.1, -0.05) is 0 Å². The summed E-state index contributed by atoms with van der Waals surface area (Å²) in [4.78, 5) is 14.0. The van der Waals surface area contributed by atoms with Crippen molar-refractivity contribution in [2.24, 2.45) is 0 Å². The van der Waals surface area contributed by atoms with Crippen LogP contribution in [0.15, 0.2) is 24.3 Å². The van der Waals surface area contributed by atoms with Crippen molar-refractivity contribution in [3.63, 3.8) is 0 Å². The summed E-state index contributed by atoms with van der Waals surface area (Å²) in [5.41, 5.74) is 7.00. The number of anilines is 2. The molecule has 1 fully saturated rings. The van der Waals surface area contributed by atoms with E-state index in [-0.39, 0.29) is 18.6 Å². The normalized spacial score (nSPS) is 19.8. The molecule has 0 spiro atoms. The van der Waals surface area contributed by atoms with Crippen LogP contribution < -0.4 is 11.1 Å².